The van der Waals surface area contributed by atoms with Gasteiger partial charge in [-0.2, -0.15) is 0 Å². The molecular weight excluding hydrogens is 176 g/mol. The van der Waals surface area contributed by atoms with Crippen LogP contribution in [0.5, 0.6) is 0 Å². The van der Waals surface area contributed by atoms with E-state index in [1.165, 1.54) is 38.5 Å². The minimum Gasteiger partial charge on any atom is -0.353 e. The third kappa shape index (κ3) is 2.96. The SMILES string of the molecule is C[C@H]1CCC[C@H](OC2CCCCO2)C1. The summed E-state index contributed by atoms with van der Waals surface area (Å²) in [5.74, 6) is 0.845. The zero-order chi connectivity index (χ0) is 9.80. The van der Waals surface area contributed by atoms with E-state index in [-0.39, 0.29) is 6.29 Å². The molecule has 1 heterocycles. The highest BCUT2D eigenvalue weighted by Gasteiger charge is 2.24. The van der Waals surface area contributed by atoms with Crippen LogP contribution in [0.4, 0.5) is 0 Å². The van der Waals surface area contributed by atoms with Gasteiger partial charge in [0, 0.05) is 6.61 Å². The molecule has 3 atom stereocenters. The molecule has 0 aromatic heterocycles. The topological polar surface area (TPSA) is 18.5 Å². The molecule has 2 nitrogen and oxygen atoms in total. The minimum absolute atomic E-state index is 0.110. The highest BCUT2D eigenvalue weighted by Crippen LogP contribution is 2.28. The van der Waals surface area contributed by atoms with E-state index in [4.69, 9.17) is 9.47 Å². The normalized spacial score (nSPS) is 39.6. The Morgan fingerprint density at radius 3 is 2.71 bits per heavy atom. The van der Waals surface area contributed by atoms with Crippen LogP contribution >= 0.6 is 0 Å². The van der Waals surface area contributed by atoms with Gasteiger partial charge in [0.2, 0.25) is 0 Å². The van der Waals surface area contributed by atoms with E-state index in [9.17, 15) is 0 Å². The average Bonchev–Trinajstić information content (AvgIpc) is 2.19. The van der Waals surface area contributed by atoms with Gasteiger partial charge in [-0.05, 0) is 38.0 Å². The zero-order valence-corrected chi connectivity index (χ0v) is 9.21. The summed E-state index contributed by atoms with van der Waals surface area (Å²) >= 11 is 0. The molecule has 0 amide bonds. The van der Waals surface area contributed by atoms with E-state index in [1.807, 2.05) is 0 Å². The maximum Gasteiger partial charge on any atom is 0.157 e. The fourth-order valence-electron chi connectivity index (χ4n) is 2.54. The van der Waals surface area contributed by atoms with Crippen molar-refractivity contribution in [1.29, 1.82) is 0 Å². The van der Waals surface area contributed by atoms with Crippen LogP contribution < -0.4 is 0 Å². The monoisotopic (exact) mass is 198 g/mol. The third-order valence-electron chi connectivity index (χ3n) is 3.37. The van der Waals surface area contributed by atoms with Gasteiger partial charge in [0.05, 0.1) is 6.10 Å². The summed E-state index contributed by atoms with van der Waals surface area (Å²) in [7, 11) is 0. The first-order valence-electron chi connectivity index (χ1n) is 6.11. The van der Waals surface area contributed by atoms with Crippen molar-refractivity contribution < 1.29 is 9.47 Å². The van der Waals surface area contributed by atoms with Crippen molar-refractivity contribution in [2.75, 3.05) is 6.61 Å². The lowest BCUT2D eigenvalue weighted by atomic mass is 9.89. The summed E-state index contributed by atoms with van der Waals surface area (Å²) in [5, 5.41) is 0. The van der Waals surface area contributed by atoms with Crippen molar-refractivity contribution in [1.82, 2.24) is 0 Å². The van der Waals surface area contributed by atoms with Crippen LogP contribution in [0.3, 0.4) is 0 Å². The molecule has 2 fully saturated rings. The molecule has 0 radical (unpaired) electrons. The molecular formula is C12H22O2. The smallest absolute Gasteiger partial charge is 0.157 e. The number of hydrogen-bond acceptors (Lipinski definition) is 2. The van der Waals surface area contributed by atoms with Crippen molar-refractivity contribution in [3.05, 3.63) is 0 Å². The molecule has 0 bridgehead atoms. The Bertz CT molecular complexity index is 164. The summed E-state index contributed by atoms with van der Waals surface area (Å²) in [4.78, 5) is 0. The van der Waals surface area contributed by atoms with E-state index < -0.39 is 0 Å². The third-order valence-corrected chi connectivity index (χ3v) is 3.37. The van der Waals surface area contributed by atoms with Gasteiger partial charge in [0.15, 0.2) is 6.29 Å². The van der Waals surface area contributed by atoms with Crippen molar-refractivity contribution in [3.63, 3.8) is 0 Å². The Labute approximate surface area is 87.0 Å². The Hall–Kier alpha value is -0.0800. The Balaban J connectivity index is 1.72. The van der Waals surface area contributed by atoms with Crippen LogP contribution in [-0.4, -0.2) is 19.0 Å². The van der Waals surface area contributed by atoms with E-state index in [2.05, 4.69) is 6.92 Å². The van der Waals surface area contributed by atoms with Gasteiger partial charge in [0.1, 0.15) is 0 Å². The van der Waals surface area contributed by atoms with Crippen LogP contribution in [0.15, 0.2) is 0 Å². The molecule has 1 saturated carbocycles. The lowest BCUT2D eigenvalue weighted by Crippen LogP contribution is -2.30. The summed E-state index contributed by atoms with van der Waals surface area (Å²) in [6, 6.07) is 0. The number of ether oxygens (including phenoxy) is 2. The van der Waals surface area contributed by atoms with Gasteiger partial charge >= 0.3 is 0 Å². The van der Waals surface area contributed by atoms with E-state index in [1.54, 1.807) is 0 Å². The second kappa shape index (κ2) is 5.13. The fraction of sp³-hybridized carbons (Fsp3) is 1.00. The molecule has 2 rings (SSSR count). The predicted molar refractivity (Wildman–Crippen MR) is 56.1 cm³/mol. The second-order valence-electron chi connectivity index (χ2n) is 4.83. The number of hydrogen-bond donors (Lipinski definition) is 0. The van der Waals surface area contributed by atoms with E-state index in [0.29, 0.717) is 6.10 Å². The van der Waals surface area contributed by atoms with E-state index in [0.717, 1.165) is 18.9 Å². The minimum atomic E-state index is 0.110. The molecule has 1 saturated heterocycles. The first kappa shape index (κ1) is 10.4. The van der Waals surface area contributed by atoms with Gasteiger partial charge < -0.3 is 9.47 Å². The lowest BCUT2D eigenvalue weighted by Gasteiger charge is -2.32. The molecule has 2 heteroatoms. The standard InChI is InChI=1S/C12H22O2/c1-10-5-4-6-11(9-10)14-12-7-2-3-8-13-12/h10-12H,2-9H2,1H3/t10-,11-,12?/m0/s1. The Morgan fingerprint density at radius 1 is 1.07 bits per heavy atom. The molecule has 1 aliphatic carbocycles. The van der Waals surface area contributed by atoms with Crippen LogP contribution in [-0.2, 0) is 9.47 Å². The van der Waals surface area contributed by atoms with Crippen LogP contribution in [0.1, 0.15) is 51.9 Å². The quantitative estimate of drug-likeness (QED) is 0.678. The van der Waals surface area contributed by atoms with Gasteiger partial charge in [-0.1, -0.05) is 19.8 Å². The summed E-state index contributed by atoms with van der Waals surface area (Å²) in [5.41, 5.74) is 0. The molecule has 0 aromatic carbocycles. The maximum atomic E-state index is 5.98. The largest absolute Gasteiger partial charge is 0.353 e. The van der Waals surface area contributed by atoms with Gasteiger partial charge in [-0.3, -0.25) is 0 Å². The molecule has 1 aliphatic heterocycles. The molecule has 0 aromatic rings. The predicted octanol–water partition coefficient (Wildman–Crippen LogP) is 3.11. The number of rotatable bonds is 2. The first-order valence-corrected chi connectivity index (χ1v) is 6.11. The van der Waals surface area contributed by atoms with Crippen molar-refractivity contribution in [2.45, 2.75) is 64.3 Å². The van der Waals surface area contributed by atoms with Gasteiger partial charge in [-0.15, -0.1) is 0 Å². The van der Waals surface area contributed by atoms with Crippen molar-refractivity contribution >= 4 is 0 Å². The summed E-state index contributed by atoms with van der Waals surface area (Å²) in [6.45, 7) is 3.23. The highest BCUT2D eigenvalue weighted by molar-refractivity contribution is 4.71. The van der Waals surface area contributed by atoms with Crippen molar-refractivity contribution in [3.8, 4) is 0 Å². The fourth-order valence-corrected chi connectivity index (χ4v) is 2.54. The van der Waals surface area contributed by atoms with Gasteiger partial charge in [0.25, 0.3) is 0 Å². The first-order chi connectivity index (χ1) is 6.84. The van der Waals surface area contributed by atoms with Gasteiger partial charge in [-0.25, -0.2) is 0 Å². The average molecular weight is 198 g/mol. The summed E-state index contributed by atoms with van der Waals surface area (Å²) in [6.07, 6.45) is 9.35. The van der Waals surface area contributed by atoms with Crippen LogP contribution in [0.2, 0.25) is 0 Å². The molecule has 0 N–H and O–H groups in total. The lowest BCUT2D eigenvalue weighted by molar-refractivity contribution is -0.195. The second-order valence-corrected chi connectivity index (χ2v) is 4.83. The van der Waals surface area contributed by atoms with E-state index >= 15 is 0 Å². The molecule has 0 spiro atoms. The molecule has 82 valence electrons. The zero-order valence-electron chi connectivity index (χ0n) is 9.21. The highest BCUT2D eigenvalue weighted by atomic mass is 16.7. The molecule has 14 heavy (non-hydrogen) atoms. The summed E-state index contributed by atoms with van der Waals surface area (Å²) < 4.78 is 11.6. The Morgan fingerprint density at radius 2 is 2.00 bits per heavy atom. The van der Waals surface area contributed by atoms with Crippen LogP contribution in [0.25, 0.3) is 0 Å². The molecule has 2 aliphatic rings. The Kier molecular flexibility index (Phi) is 3.82. The van der Waals surface area contributed by atoms with Crippen molar-refractivity contribution in [2.24, 2.45) is 5.92 Å². The molecule has 1 unspecified atom stereocenters. The van der Waals surface area contributed by atoms with Crippen LogP contribution in [0, 0.1) is 5.92 Å². The maximum absolute atomic E-state index is 5.98.